The van der Waals surface area contributed by atoms with Crippen molar-refractivity contribution in [3.8, 4) is 0 Å². The summed E-state index contributed by atoms with van der Waals surface area (Å²) in [6.45, 7) is 0.769. The number of hydrogen-bond donors (Lipinski definition) is 1. The Hall–Kier alpha value is -0.610. The lowest BCUT2D eigenvalue weighted by molar-refractivity contribution is -0.150. The predicted molar refractivity (Wildman–Crippen MR) is 62.2 cm³/mol. The van der Waals surface area contributed by atoms with E-state index in [4.69, 9.17) is 4.74 Å². The van der Waals surface area contributed by atoms with Gasteiger partial charge in [0.25, 0.3) is 0 Å². The van der Waals surface area contributed by atoms with E-state index in [1.807, 2.05) is 7.05 Å². The molecule has 1 N–H and O–H groups in total. The highest BCUT2D eigenvalue weighted by atomic mass is 16.5. The summed E-state index contributed by atoms with van der Waals surface area (Å²) in [7, 11) is 5.46. The van der Waals surface area contributed by atoms with E-state index in [0.29, 0.717) is 12.0 Å². The molecule has 0 aliphatic heterocycles. The molecule has 4 heteroatoms. The Morgan fingerprint density at radius 1 is 1.44 bits per heavy atom. The molecule has 0 saturated heterocycles. The zero-order valence-electron chi connectivity index (χ0n) is 10.5. The van der Waals surface area contributed by atoms with Crippen LogP contribution >= 0.6 is 0 Å². The molecule has 2 rings (SSSR count). The standard InChI is InChI=1S/C12H22N2O2/c1-13-12(9-4-5-9,11(15)16-3)8-14(2)10-6-7-10/h9-10,13H,4-8H2,1-3H3. The van der Waals surface area contributed by atoms with Gasteiger partial charge in [0.1, 0.15) is 5.54 Å². The lowest BCUT2D eigenvalue weighted by Gasteiger charge is -2.34. The van der Waals surface area contributed by atoms with Crippen LogP contribution in [0, 0.1) is 5.92 Å². The van der Waals surface area contributed by atoms with E-state index >= 15 is 0 Å². The molecule has 2 aliphatic rings. The van der Waals surface area contributed by atoms with Crippen LogP contribution in [0.15, 0.2) is 0 Å². The van der Waals surface area contributed by atoms with Crippen molar-refractivity contribution in [2.75, 3.05) is 27.7 Å². The number of likely N-dealkylation sites (N-methyl/N-ethyl adjacent to an activating group) is 2. The molecule has 4 nitrogen and oxygen atoms in total. The third-order valence-electron chi connectivity index (χ3n) is 3.94. The average Bonchev–Trinajstić information content (AvgIpc) is 3.15. The first-order valence-electron chi connectivity index (χ1n) is 6.11. The predicted octanol–water partition coefficient (Wildman–Crippen LogP) is 0.622. The molecule has 0 aromatic carbocycles. The summed E-state index contributed by atoms with van der Waals surface area (Å²) >= 11 is 0. The van der Waals surface area contributed by atoms with Crippen LogP contribution < -0.4 is 5.32 Å². The monoisotopic (exact) mass is 226 g/mol. The van der Waals surface area contributed by atoms with Crippen LogP contribution in [0.2, 0.25) is 0 Å². The fourth-order valence-corrected chi connectivity index (χ4v) is 2.54. The van der Waals surface area contributed by atoms with Gasteiger partial charge in [0.2, 0.25) is 0 Å². The van der Waals surface area contributed by atoms with Gasteiger partial charge in [-0.05, 0) is 45.7 Å². The first-order chi connectivity index (χ1) is 7.64. The van der Waals surface area contributed by atoms with Crippen LogP contribution in [-0.4, -0.2) is 50.2 Å². The minimum Gasteiger partial charge on any atom is -0.468 e. The molecule has 16 heavy (non-hydrogen) atoms. The van der Waals surface area contributed by atoms with Gasteiger partial charge in [-0.15, -0.1) is 0 Å². The molecule has 0 amide bonds. The summed E-state index contributed by atoms with van der Waals surface area (Å²) in [5, 5.41) is 3.23. The topological polar surface area (TPSA) is 41.6 Å². The molecular formula is C12H22N2O2. The third-order valence-corrected chi connectivity index (χ3v) is 3.94. The minimum absolute atomic E-state index is 0.106. The maximum Gasteiger partial charge on any atom is 0.327 e. The number of esters is 1. The van der Waals surface area contributed by atoms with Gasteiger partial charge in [0.05, 0.1) is 7.11 Å². The van der Waals surface area contributed by atoms with E-state index in [0.717, 1.165) is 19.4 Å². The average molecular weight is 226 g/mol. The van der Waals surface area contributed by atoms with E-state index in [1.165, 1.54) is 20.0 Å². The quantitative estimate of drug-likeness (QED) is 0.674. The molecule has 2 aliphatic carbocycles. The minimum atomic E-state index is -0.480. The van der Waals surface area contributed by atoms with E-state index in [-0.39, 0.29) is 5.97 Å². The van der Waals surface area contributed by atoms with Gasteiger partial charge in [-0.1, -0.05) is 0 Å². The Labute approximate surface area is 97.3 Å². The van der Waals surface area contributed by atoms with Crippen molar-refractivity contribution in [3.63, 3.8) is 0 Å². The van der Waals surface area contributed by atoms with E-state index in [9.17, 15) is 4.79 Å². The maximum atomic E-state index is 12.0. The molecule has 0 bridgehead atoms. The first kappa shape index (κ1) is 11.9. The fraction of sp³-hybridized carbons (Fsp3) is 0.917. The van der Waals surface area contributed by atoms with Crippen molar-refractivity contribution in [1.29, 1.82) is 0 Å². The second-order valence-electron chi connectivity index (χ2n) is 5.13. The molecule has 0 radical (unpaired) electrons. The molecule has 0 heterocycles. The van der Waals surface area contributed by atoms with Gasteiger partial charge in [0, 0.05) is 12.6 Å². The lowest BCUT2D eigenvalue weighted by Crippen LogP contribution is -2.59. The van der Waals surface area contributed by atoms with Crippen LogP contribution in [0.25, 0.3) is 0 Å². The van der Waals surface area contributed by atoms with Crippen LogP contribution in [0.1, 0.15) is 25.7 Å². The number of carbonyl (C=O) groups excluding carboxylic acids is 1. The number of carbonyl (C=O) groups is 1. The van der Waals surface area contributed by atoms with Crippen LogP contribution in [0.3, 0.4) is 0 Å². The fourth-order valence-electron chi connectivity index (χ4n) is 2.54. The van der Waals surface area contributed by atoms with Gasteiger partial charge in [-0.25, -0.2) is 4.79 Å². The molecule has 0 aromatic heterocycles. The summed E-state index contributed by atoms with van der Waals surface area (Å²) in [4.78, 5) is 14.3. The zero-order valence-corrected chi connectivity index (χ0v) is 10.5. The van der Waals surface area contributed by atoms with Gasteiger partial charge in [-0.3, -0.25) is 0 Å². The molecule has 1 unspecified atom stereocenters. The van der Waals surface area contributed by atoms with Crippen molar-refractivity contribution in [2.45, 2.75) is 37.3 Å². The van der Waals surface area contributed by atoms with Crippen LogP contribution in [-0.2, 0) is 9.53 Å². The Morgan fingerprint density at radius 2 is 2.06 bits per heavy atom. The summed E-state index contributed by atoms with van der Waals surface area (Å²) in [5.74, 6) is 0.344. The lowest BCUT2D eigenvalue weighted by atomic mass is 9.92. The van der Waals surface area contributed by atoms with Crippen molar-refractivity contribution >= 4 is 5.97 Å². The summed E-state index contributed by atoms with van der Waals surface area (Å²) < 4.78 is 4.98. The second-order valence-corrected chi connectivity index (χ2v) is 5.13. The molecule has 92 valence electrons. The second kappa shape index (κ2) is 4.34. The van der Waals surface area contributed by atoms with Crippen molar-refractivity contribution in [1.82, 2.24) is 10.2 Å². The highest BCUT2D eigenvalue weighted by Crippen LogP contribution is 2.41. The number of hydrogen-bond acceptors (Lipinski definition) is 4. The van der Waals surface area contributed by atoms with Crippen molar-refractivity contribution < 1.29 is 9.53 Å². The number of nitrogens with zero attached hydrogens (tertiary/aromatic N) is 1. The zero-order chi connectivity index (χ0) is 11.8. The largest absolute Gasteiger partial charge is 0.468 e. The molecule has 0 aromatic rings. The SMILES string of the molecule is CNC(CN(C)C1CC1)(C(=O)OC)C1CC1. The molecule has 0 spiro atoms. The highest BCUT2D eigenvalue weighted by molar-refractivity contribution is 5.82. The number of rotatable bonds is 6. The first-order valence-corrected chi connectivity index (χ1v) is 6.11. The van der Waals surface area contributed by atoms with Gasteiger partial charge in [-0.2, -0.15) is 0 Å². The Bertz CT molecular complexity index is 274. The highest BCUT2D eigenvalue weighted by Gasteiger charge is 2.52. The molecule has 2 fully saturated rings. The van der Waals surface area contributed by atoms with E-state index in [1.54, 1.807) is 0 Å². The van der Waals surface area contributed by atoms with Gasteiger partial charge in [0.15, 0.2) is 0 Å². The Kier molecular flexibility index (Phi) is 3.22. The molecule has 2 saturated carbocycles. The third kappa shape index (κ3) is 2.09. The van der Waals surface area contributed by atoms with Crippen LogP contribution in [0.5, 0.6) is 0 Å². The Morgan fingerprint density at radius 3 is 2.44 bits per heavy atom. The van der Waals surface area contributed by atoms with Crippen molar-refractivity contribution in [2.24, 2.45) is 5.92 Å². The Balaban J connectivity index is 2.08. The van der Waals surface area contributed by atoms with Crippen LogP contribution in [0.4, 0.5) is 0 Å². The summed E-state index contributed by atoms with van der Waals surface area (Å²) in [6, 6.07) is 0.677. The smallest absolute Gasteiger partial charge is 0.327 e. The normalized spacial score (nSPS) is 24.2. The maximum absolute atomic E-state index is 12.0. The number of methoxy groups -OCH3 is 1. The number of nitrogens with one attached hydrogen (secondary N) is 1. The van der Waals surface area contributed by atoms with E-state index < -0.39 is 5.54 Å². The van der Waals surface area contributed by atoms with Gasteiger partial charge < -0.3 is 15.0 Å². The van der Waals surface area contributed by atoms with Crippen molar-refractivity contribution in [3.05, 3.63) is 0 Å². The molecular weight excluding hydrogens is 204 g/mol. The molecule has 1 atom stereocenters. The van der Waals surface area contributed by atoms with E-state index in [2.05, 4.69) is 17.3 Å². The van der Waals surface area contributed by atoms with Gasteiger partial charge >= 0.3 is 5.97 Å². The summed E-state index contributed by atoms with van der Waals surface area (Å²) in [5.41, 5.74) is -0.480. The number of ether oxygens (including phenoxy) is 1. The summed E-state index contributed by atoms with van der Waals surface area (Å²) in [6.07, 6.45) is 4.80.